The Morgan fingerprint density at radius 2 is 1.62 bits per heavy atom. The Labute approximate surface area is 140 Å². The fourth-order valence-electron chi connectivity index (χ4n) is 1.99. The minimum Gasteiger partial charge on any atom is -0.348 e. The van der Waals surface area contributed by atoms with Crippen LogP contribution in [0.3, 0.4) is 0 Å². The number of rotatable bonds is 4. The van der Waals surface area contributed by atoms with Gasteiger partial charge in [0.05, 0.1) is 11.1 Å². The van der Waals surface area contributed by atoms with E-state index in [1.807, 2.05) is 20.8 Å². The molecule has 0 fully saturated rings. The molecule has 0 unspecified atom stereocenters. The third kappa shape index (κ3) is 5.15. The third-order valence-electron chi connectivity index (χ3n) is 3.12. The number of amides is 2. The average Bonchev–Trinajstić information content (AvgIpc) is 2.52. The molecule has 0 atom stereocenters. The third-order valence-corrected chi connectivity index (χ3v) is 3.12. The second-order valence-corrected chi connectivity index (χ2v) is 6.48. The molecule has 0 bridgehead atoms. The van der Waals surface area contributed by atoms with Gasteiger partial charge >= 0.3 is 0 Å². The molecule has 1 heterocycles. The normalized spacial score (nSPS) is 11.0. The standard InChI is InChI=1S/C18H20FN3O2/c1-18(2,3)22-17(24)14-8-13(10-20-11-14)16(23)21-9-12-4-6-15(19)7-5-12/h4-8,10-11H,9H2,1-3H3,(H,21,23)(H,22,24). The molecule has 1 aromatic heterocycles. The lowest BCUT2D eigenvalue weighted by atomic mass is 10.1. The zero-order chi connectivity index (χ0) is 17.7. The number of aromatic nitrogens is 1. The highest BCUT2D eigenvalue weighted by Gasteiger charge is 2.17. The summed E-state index contributed by atoms with van der Waals surface area (Å²) in [7, 11) is 0. The first-order chi connectivity index (χ1) is 11.2. The number of benzene rings is 1. The van der Waals surface area contributed by atoms with Crippen molar-refractivity contribution < 1.29 is 14.0 Å². The number of carbonyl (C=O) groups excluding carboxylic acids is 2. The molecular weight excluding hydrogens is 309 g/mol. The second kappa shape index (κ2) is 7.21. The Hall–Kier alpha value is -2.76. The largest absolute Gasteiger partial charge is 0.348 e. The molecule has 2 rings (SSSR count). The minimum absolute atomic E-state index is 0.261. The van der Waals surface area contributed by atoms with Crippen LogP contribution in [-0.4, -0.2) is 22.3 Å². The van der Waals surface area contributed by atoms with Gasteiger partial charge in [0.25, 0.3) is 11.8 Å². The molecule has 126 valence electrons. The maximum Gasteiger partial charge on any atom is 0.253 e. The maximum atomic E-state index is 12.9. The van der Waals surface area contributed by atoms with Gasteiger partial charge in [0.2, 0.25) is 0 Å². The fourth-order valence-corrected chi connectivity index (χ4v) is 1.99. The van der Waals surface area contributed by atoms with Gasteiger partial charge in [-0.05, 0) is 44.5 Å². The zero-order valence-corrected chi connectivity index (χ0v) is 13.9. The van der Waals surface area contributed by atoms with Crippen LogP contribution < -0.4 is 10.6 Å². The number of nitrogens with one attached hydrogen (secondary N) is 2. The predicted molar refractivity (Wildman–Crippen MR) is 89.0 cm³/mol. The van der Waals surface area contributed by atoms with Gasteiger partial charge in [0, 0.05) is 24.5 Å². The van der Waals surface area contributed by atoms with Crippen molar-refractivity contribution >= 4 is 11.8 Å². The smallest absolute Gasteiger partial charge is 0.253 e. The van der Waals surface area contributed by atoms with Gasteiger partial charge in [-0.3, -0.25) is 14.6 Å². The van der Waals surface area contributed by atoms with Gasteiger partial charge in [-0.2, -0.15) is 0 Å². The topological polar surface area (TPSA) is 71.1 Å². The van der Waals surface area contributed by atoms with Crippen LogP contribution in [0.1, 0.15) is 47.1 Å². The van der Waals surface area contributed by atoms with Crippen LogP contribution in [0.25, 0.3) is 0 Å². The summed E-state index contributed by atoms with van der Waals surface area (Å²) in [6, 6.07) is 7.36. The van der Waals surface area contributed by atoms with E-state index >= 15 is 0 Å². The Kier molecular flexibility index (Phi) is 5.28. The molecule has 0 aliphatic carbocycles. The molecule has 0 saturated carbocycles. The number of carbonyl (C=O) groups is 2. The summed E-state index contributed by atoms with van der Waals surface area (Å²) in [6.07, 6.45) is 2.81. The fraction of sp³-hybridized carbons (Fsp3) is 0.278. The highest BCUT2D eigenvalue weighted by molar-refractivity contribution is 5.99. The quantitative estimate of drug-likeness (QED) is 0.906. The van der Waals surface area contributed by atoms with Gasteiger partial charge in [0.15, 0.2) is 0 Å². The highest BCUT2D eigenvalue weighted by Crippen LogP contribution is 2.07. The van der Waals surface area contributed by atoms with Crippen molar-refractivity contribution in [2.24, 2.45) is 0 Å². The molecule has 6 heteroatoms. The Bertz CT molecular complexity index is 737. The van der Waals surface area contributed by atoms with Gasteiger partial charge in [-0.25, -0.2) is 4.39 Å². The lowest BCUT2D eigenvalue weighted by Gasteiger charge is -2.20. The van der Waals surface area contributed by atoms with Crippen molar-refractivity contribution in [1.82, 2.24) is 15.6 Å². The molecule has 0 aliphatic heterocycles. The van der Waals surface area contributed by atoms with Crippen molar-refractivity contribution in [3.63, 3.8) is 0 Å². The van der Waals surface area contributed by atoms with Crippen molar-refractivity contribution in [2.75, 3.05) is 0 Å². The Morgan fingerprint density at radius 1 is 1.04 bits per heavy atom. The van der Waals surface area contributed by atoms with Crippen molar-refractivity contribution in [2.45, 2.75) is 32.9 Å². The lowest BCUT2D eigenvalue weighted by Crippen LogP contribution is -2.40. The van der Waals surface area contributed by atoms with Crippen molar-refractivity contribution in [3.05, 3.63) is 65.2 Å². The van der Waals surface area contributed by atoms with E-state index in [-0.39, 0.29) is 29.7 Å². The molecule has 5 nitrogen and oxygen atoms in total. The monoisotopic (exact) mass is 329 g/mol. The molecule has 2 amide bonds. The van der Waals surface area contributed by atoms with Crippen LogP contribution in [0.2, 0.25) is 0 Å². The molecule has 0 radical (unpaired) electrons. The average molecular weight is 329 g/mol. The van der Waals surface area contributed by atoms with Gasteiger partial charge in [-0.1, -0.05) is 12.1 Å². The summed E-state index contributed by atoms with van der Waals surface area (Å²) in [5, 5.41) is 5.53. The van der Waals surface area contributed by atoms with Gasteiger partial charge in [-0.15, -0.1) is 0 Å². The lowest BCUT2D eigenvalue weighted by molar-refractivity contribution is 0.0919. The van der Waals surface area contributed by atoms with E-state index in [0.717, 1.165) is 5.56 Å². The van der Waals surface area contributed by atoms with E-state index in [0.29, 0.717) is 11.1 Å². The highest BCUT2D eigenvalue weighted by atomic mass is 19.1. The first-order valence-corrected chi connectivity index (χ1v) is 7.55. The second-order valence-electron chi connectivity index (χ2n) is 6.48. The first kappa shape index (κ1) is 17.6. The summed E-state index contributed by atoms with van der Waals surface area (Å²) < 4.78 is 12.9. The maximum absolute atomic E-state index is 12.9. The molecule has 0 aliphatic rings. The molecule has 24 heavy (non-hydrogen) atoms. The first-order valence-electron chi connectivity index (χ1n) is 7.55. The SMILES string of the molecule is CC(C)(C)NC(=O)c1cncc(C(=O)NCc2ccc(F)cc2)c1. The van der Waals surface area contributed by atoms with Crippen molar-refractivity contribution in [1.29, 1.82) is 0 Å². The predicted octanol–water partition coefficient (Wildman–Crippen LogP) is 2.68. The molecule has 0 saturated heterocycles. The summed E-state index contributed by atoms with van der Waals surface area (Å²) in [5.74, 6) is -0.966. The Balaban J connectivity index is 2.03. The van der Waals surface area contributed by atoms with Crippen LogP contribution in [0, 0.1) is 5.82 Å². The molecule has 0 spiro atoms. The van der Waals surface area contributed by atoms with Crippen LogP contribution >= 0.6 is 0 Å². The summed E-state index contributed by atoms with van der Waals surface area (Å²) >= 11 is 0. The number of nitrogens with zero attached hydrogens (tertiary/aromatic N) is 1. The Morgan fingerprint density at radius 3 is 2.21 bits per heavy atom. The van der Waals surface area contributed by atoms with Crippen molar-refractivity contribution in [3.8, 4) is 0 Å². The van der Waals surface area contributed by atoms with Gasteiger partial charge in [0.1, 0.15) is 5.82 Å². The van der Waals surface area contributed by atoms with E-state index in [4.69, 9.17) is 0 Å². The number of hydrogen-bond acceptors (Lipinski definition) is 3. The summed E-state index contributed by atoms with van der Waals surface area (Å²) in [4.78, 5) is 28.3. The van der Waals surface area contributed by atoms with Gasteiger partial charge < -0.3 is 10.6 Å². The molecular formula is C18H20FN3O2. The van der Waals surface area contributed by atoms with Crippen LogP contribution in [-0.2, 0) is 6.54 Å². The van der Waals surface area contributed by atoms with E-state index in [1.54, 1.807) is 12.1 Å². The van der Waals surface area contributed by atoms with E-state index in [1.165, 1.54) is 30.6 Å². The van der Waals surface area contributed by atoms with Crippen LogP contribution in [0.5, 0.6) is 0 Å². The number of halogens is 1. The van der Waals surface area contributed by atoms with E-state index < -0.39 is 0 Å². The summed E-state index contributed by atoms with van der Waals surface area (Å²) in [5.41, 5.74) is 1.01. The zero-order valence-electron chi connectivity index (χ0n) is 13.9. The minimum atomic E-state index is -0.377. The van der Waals surface area contributed by atoms with Crippen LogP contribution in [0.15, 0.2) is 42.7 Å². The number of hydrogen-bond donors (Lipinski definition) is 2. The number of pyridine rings is 1. The molecule has 2 N–H and O–H groups in total. The summed E-state index contributed by atoms with van der Waals surface area (Å²) in [6.45, 7) is 5.88. The van der Waals surface area contributed by atoms with E-state index in [2.05, 4.69) is 15.6 Å². The molecule has 1 aromatic carbocycles. The van der Waals surface area contributed by atoms with Crippen LogP contribution in [0.4, 0.5) is 4.39 Å². The molecule has 2 aromatic rings. The van der Waals surface area contributed by atoms with E-state index in [9.17, 15) is 14.0 Å².